The molecule has 2 aromatic carbocycles. The van der Waals surface area contributed by atoms with E-state index < -0.39 is 17.6 Å². The summed E-state index contributed by atoms with van der Waals surface area (Å²) in [5.41, 5.74) is 0.0345. The smallest absolute Gasteiger partial charge is 0.335 e. The Bertz CT molecular complexity index is 886. The summed E-state index contributed by atoms with van der Waals surface area (Å²) < 4.78 is 51.5. The van der Waals surface area contributed by atoms with E-state index in [0.717, 1.165) is 24.3 Å². The molecule has 2 aromatic rings. The molecular formula is C20H18F4N2O2. The number of nitrogens with zero attached hydrogens (tertiary/aromatic N) is 2. The molecule has 0 radical (unpaired) electrons. The molecule has 0 bridgehead atoms. The van der Waals surface area contributed by atoms with Crippen molar-refractivity contribution in [3.63, 3.8) is 0 Å². The van der Waals surface area contributed by atoms with Crippen molar-refractivity contribution in [1.29, 1.82) is 0 Å². The van der Waals surface area contributed by atoms with Gasteiger partial charge >= 0.3 is 6.18 Å². The molecular weight excluding hydrogens is 376 g/mol. The Morgan fingerprint density at radius 3 is 1.75 bits per heavy atom. The molecule has 1 heterocycles. The second-order valence-electron chi connectivity index (χ2n) is 6.62. The number of hydrogen-bond donors (Lipinski definition) is 0. The highest BCUT2D eigenvalue weighted by atomic mass is 19.4. The molecule has 0 N–H and O–H groups in total. The molecule has 0 aromatic heterocycles. The fraction of sp³-hybridized carbons (Fsp3) is 0.300. The number of rotatable bonds is 2. The Balaban J connectivity index is 1.62. The Morgan fingerprint density at radius 1 is 0.821 bits per heavy atom. The van der Waals surface area contributed by atoms with E-state index in [1.165, 1.54) is 21.9 Å². The van der Waals surface area contributed by atoms with Crippen LogP contribution in [0.3, 0.4) is 0 Å². The molecule has 0 saturated carbocycles. The van der Waals surface area contributed by atoms with Gasteiger partial charge in [-0.15, -0.1) is 0 Å². The first-order valence-corrected chi connectivity index (χ1v) is 8.69. The summed E-state index contributed by atoms with van der Waals surface area (Å²) in [6.45, 7) is 2.64. The van der Waals surface area contributed by atoms with Crippen molar-refractivity contribution >= 4 is 11.8 Å². The van der Waals surface area contributed by atoms with E-state index in [9.17, 15) is 27.2 Å². The molecule has 3 rings (SSSR count). The van der Waals surface area contributed by atoms with Crippen LogP contribution in [-0.2, 0) is 6.18 Å². The van der Waals surface area contributed by atoms with E-state index in [1.807, 2.05) is 0 Å². The van der Waals surface area contributed by atoms with Crippen LogP contribution in [-0.4, -0.2) is 47.8 Å². The standard InChI is InChI=1S/C20H18F4N2O2/c1-13-2-3-15(12-17(13)21)19(28)26-10-8-25(9-11-26)18(27)14-4-6-16(7-5-14)20(22,23)24/h2-7,12H,8-11H2,1H3. The lowest BCUT2D eigenvalue weighted by Gasteiger charge is -2.35. The van der Waals surface area contributed by atoms with Crippen LogP contribution in [0.2, 0.25) is 0 Å². The average Bonchev–Trinajstić information content (AvgIpc) is 2.68. The lowest BCUT2D eigenvalue weighted by Crippen LogP contribution is -2.50. The number of piperazine rings is 1. The van der Waals surface area contributed by atoms with Gasteiger partial charge in [0.25, 0.3) is 11.8 Å². The van der Waals surface area contributed by atoms with E-state index in [2.05, 4.69) is 0 Å². The summed E-state index contributed by atoms with van der Waals surface area (Å²) in [6, 6.07) is 8.33. The van der Waals surface area contributed by atoms with Crippen molar-refractivity contribution in [2.24, 2.45) is 0 Å². The van der Waals surface area contributed by atoms with E-state index in [1.54, 1.807) is 13.0 Å². The van der Waals surface area contributed by atoms with Gasteiger partial charge in [0.2, 0.25) is 0 Å². The molecule has 0 aliphatic carbocycles. The summed E-state index contributed by atoms with van der Waals surface area (Å²) in [5, 5.41) is 0. The average molecular weight is 394 g/mol. The van der Waals surface area contributed by atoms with E-state index >= 15 is 0 Å². The van der Waals surface area contributed by atoms with Crippen molar-refractivity contribution in [1.82, 2.24) is 9.80 Å². The van der Waals surface area contributed by atoms with Gasteiger partial charge in [0.15, 0.2) is 0 Å². The van der Waals surface area contributed by atoms with Crippen LogP contribution in [0.1, 0.15) is 31.8 Å². The molecule has 0 atom stereocenters. The number of amides is 2. The van der Waals surface area contributed by atoms with Gasteiger partial charge in [-0.2, -0.15) is 13.2 Å². The van der Waals surface area contributed by atoms with E-state index in [-0.39, 0.29) is 49.1 Å². The second kappa shape index (κ2) is 7.61. The predicted octanol–water partition coefficient (Wildman–Crippen LogP) is 3.75. The number of carbonyl (C=O) groups excluding carboxylic acids is 2. The number of alkyl halides is 3. The Labute approximate surface area is 159 Å². The third kappa shape index (κ3) is 4.16. The summed E-state index contributed by atoms with van der Waals surface area (Å²) in [6.07, 6.45) is -4.46. The Hall–Kier alpha value is -2.90. The minimum Gasteiger partial charge on any atom is -0.335 e. The molecule has 2 amide bonds. The van der Waals surface area contributed by atoms with Gasteiger partial charge in [0.1, 0.15) is 5.82 Å². The number of aryl methyl sites for hydroxylation is 1. The lowest BCUT2D eigenvalue weighted by molar-refractivity contribution is -0.137. The van der Waals surface area contributed by atoms with Crippen LogP contribution in [0, 0.1) is 12.7 Å². The second-order valence-corrected chi connectivity index (χ2v) is 6.62. The molecule has 0 unspecified atom stereocenters. The number of carbonyl (C=O) groups is 2. The molecule has 1 aliphatic heterocycles. The Morgan fingerprint density at radius 2 is 1.29 bits per heavy atom. The summed E-state index contributed by atoms with van der Waals surface area (Å²) in [4.78, 5) is 28.0. The van der Waals surface area contributed by atoms with Crippen LogP contribution in [0.4, 0.5) is 17.6 Å². The molecule has 148 valence electrons. The van der Waals surface area contributed by atoms with Crippen molar-refractivity contribution in [2.45, 2.75) is 13.1 Å². The van der Waals surface area contributed by atoms with Gasteiger partial charge in [-0.05, 0) is 48.9 Å². The lowest BCUT2D eigenvalue weighted by atomic mass is 10.1. The van der Waals surface area contributed by atoms with Gasteiger partial charge in [-0.3, -0.25) is 9.59 Å². The first-order chi connectivity index (χ1) is 13.2. The zero-order valence-corrected chi connectivity index (χ0v) is 15.1. The maximum Gasteiger partial charge on any atom is 0.416 e. The summed E-state index contributed by atoms with van der Waals surface area (Å²) >= 11 is 0. The number of halogens is 4. The molecule has 28 heavy (non-hydrogen) atoms. The monoisotopic (exact) mass is 394 g/mol. The molecule has 8 heteroatoms. The van der Waals surface area contributed by atoms with Crippen molar-refractivity contribution in [2.75, 3.05) is 26.2 Å². The molecule has 1 saturated heterocycles. The SMILES string of the molecule is Cc1ccc(C(=O)N2CCN(C(=O)c3ccc(C(F)(F)F)cc3)CC2)cc1F. The third-order valence-corrected chi connectivity index (χ3v) is 4.73. The van der Waals surface area contributed by atoms with Crippen molar-refractivity contribution in [3.05, 3.63) is 70.5 Å². The topological polar surface area (TPSA) is 40.6 Å². The predicted molar refractivity (Wildman–Crippen MR) is 94.4 cm³/mol. The van der Waals surface area contributed by atoms with Gasteiger partial charge in [-0.25, -0.2) is 4.39 Å². The maximum atomic E-state index is 13.7. The fourth-order valence-corrected chi connectivity index (χ4v) is 3.01. The van der Waals surface area contributed by atoms with Crippen LogP contribution in [0.15, 0.2) is 42.5 Å². The highest BCUT2D eigenvalue weighted by molar-refractivity contribution is 5.96. The zero-order valence-electron chi connectivity index (χ0n) is 15.1. The largest absolute Gasteiger partial charge is 0.416 e. The summed E-state index contributed by atoms with van der Waals surface area (Å²) in [7, 11) is 0. The highest BCUT2D eigenvalue weighted by Crippen LogP contribution is 2.29. The molecule has 1 fully saturated rings. The molecule has 1 aliphatic rings. The number of hydrogen-bond acceptors (Lipinski definition) is 2. The Kier molecular flexibility index (Phi) is 5.40. The van der Waals surface area contributed by atoms with Gasteiger partial charge < -0.3 is 9.80 Å². The summed E-state index contributed by atoms with van der Waals surface area (Å²) in [5.74, 6) is -1.16. The van der Waals surface area contributed by atoms with Crippen LogP contribution >= 0.6 is 0 Å². The van der Waals surface area contributed by atoms with Crippen LogP contribution in [0.25, 0.3) is 0 Å². The van der Waals surface area contributed by atoms with E-state index in [0.29, 0.717) is 5.56 Å². The molecule has 0 spiro atoms. The normalized spacial score (nSPS) is 14.9. The van der Waals surface area contributed by atoms with Gasteiger partial charge in [0, 0.05) is 37.3 Å². The first-order valence-electron chi connectivity index (χ1n) is 8.69. The van der Waals surface area contributed by atoms with Crippen molar-refractivity contribution in [3.8, 4) is 0 Å². The van der Waals surface area contributed by atoms with Crippen LogP contribution < -0.4 is 0 Å². The number of benzene rings is 2. The first kappa shape index (κ1) is 19.9. The van der Waals surface area contributed by atoms with Crippen molar-refractivity contribution < 1.29 is 27.2 Å². The fourth-order valence-electron chi connectivity index (χ4n) is 3.01. The van der Waals surface area contributed by atoms with Gasteiger partial charge in [0.05, 0.1) is 5.56 Å². The third-order valence-electron chi connectivity index (χ3n) is 4.73. The maximum absolute atomic E-state index is 13.7. The van der Waals surface area contributed by atoms with Gasteiger partial charge in [-0.1, -0.05) is 6.07 Å². The quantitative estimate of drug-likeness (QED) is 0.728. The van der Waals surface area contributed by atoms with E-state index in [4.69, 9.17) is 0 Å². The minimum absolute atomic E-state index is 0.161. The highest BCUT2D eigenvalue weighted by Gasteiger charge is 2.31. The molecule has 4 nitrogen and oxygen atoms in total. The zero-order chi connectivity index (χ0) is 20.5. The minimum atomic E-state index is -4.46. The van der Waals surface area contributed by atoms with Crippen LogP contribution in [0.5, 0.6) is 0 Å².